The fourth-order valence-electron chi connectivity index (χ4n) is 2.51. The highest BCUT2D eigenvalue weighted by Gasteiger charge is 2.51. The third-order valence-electron chi connectivity index (χ3n) is 4.69. The normalized spacial score (nSPS) is 20.2. The summed E-state index contributed by atoms with van der Waals surface area (Å²) >= 11 is 0. The van der Waals surface area contributed by atoms with Gasteiger partial charge in [0.1, 0.15) is 5.75 Å². The molecular formula is C19H31BO3. The van der Waals surface area contributed by atoms with E-state index in [9.17, 15) is 0 Å². The summed E-state index contributed by atoms with van der Waals surface area (Å²) in [5.41, 5.74) is 1.60. The Kier molecular flexibility index (Phi) is 4.64. The van der Waals surface area contributed by atoms with Gasteiger partial charge >= 0.3 is 7.12 Å². The first kappa shape index (κ1) is 18.3. The fraction of sp³-hybridized carbons (Fsp3) is 0.684. The van der Waals surface area contributed by atoms with Crippen LogP contribution < -0.4 is 10.2 Å². The molecule has 1 aromatic carbocycles. The molecule has 0 saturated carbocycles. The molecule has 1 fully saturated rings. The van der Waals surface area contributed by atoms with Crippen molar-refractivity contribution in [2.24, 2.45) is 0 Å². The van der Waals surface area contributed by atoms with Crippen LogP contribution >= 0.6 is 0 Å². The van der Waals surface area contributed by atoms with E-state index >= 15 is 0 Å². The van der Waals surface area contributed by atoms with E-state index in [1.54, 1.807) is 0 Å². The summed E-state index contributed by atoms with van der Waals surface area (Å²) in [5, 5.41) is 0. The molecule has 0 aromatic heterocycles. The Bertz CT molecular complexity index is 554. The number of rotatable bonds is 3. The van der Waals surface area contributed by atoms with Crippen molar-refractivity contribution in [3.63, 3.8) is 0 Å². The highest BCUT2D eigenvalue weighted by Crippen LogP contribution is 2.37. The van der Waals surface area contributed by atoms with Crippen molar-refractivity contribution >= 4 is 12.6 Å². The molecule has 0 bridgehead atoms. The predicted molar refractivity (Wildman–Crippen MR) is 96.6 cm³/mol. The smallest absolute Gasteiger partial charge is 0.491 e. The Labute approximate surface area is 141 Å². The zero-order chi connectivity index (χ0) is 17.6. The molecule has 128 valence electrons. The average molecular weight is 318 g/mol. The van der Waals surface area contributed by atoms with Gasteiger partial charge in [0, 0.05) is 0 Å². The Hall–Kier alpha value is -0.995. The molecule has 0 aliphatic carbocycles. The number of hydrogen-bond donors (Lipinski definition) is 0. The topological polar surface area (TPSA) is 27.7 Å². The lowest BCUT2D eigenvalue weighted by Crippen LogP contribution is -2.41. The Morgan fingerprint density at radius 2 is 1.48 bits per heavy atom. The molecule has 4 heteroatoms. The second-order valence-electron chi connectivity index (χ2n) is 8.80. The quantitative estimate of drug-likeness (QED) is 0.786. The molecule has 0 N–H and O–H groups in total. The van der Waals surface area contributed by atoms with Crippen molar-refractivity contribution in [1.82, 2.24) is 0 Å². The van der Waals surface area contributed by atoms with Crippen LogP contribution in [0, 0.1) is 0 Å². The van der Waals surface area contributed by atoms with Gasteiger partial charge in [-0.15, -0.1) is 0 Å². The molecule has 1 aliphatic heterocycles. The Morgan fingerprint density at radius 3 is 1.91 bits per heavy atom. The Balaban J connectivity index is 2.42. The Morgan fingerprint density at radius 1 is 0.957 bits per heavy atom. The number of hydrogen-bond acceptors (Lipinski definition) is 3. The largest absolute Gasteiger partial charge is 0.494 e. The number of ether oxygens (including phenoxy) is 1. The predicted octanol–water partition coefficient (Wildman–Crippen LogP) is 4.07. The zero-order valence-corrected chi connectivity index (χ0v) is 16.1. The molecule has 3 nitrogen and oxygen atoms in total. The minimum Gasteiger partial charge on any atom is -0.491 e. The van der Waals surface area contributed by atoms with Crippen molar-refractivity contribution in [2.75, 3.05) is 0 Å². The van der Waals surface area contributed by atoms with Crippen molar-refractivity contribution in [2.45, 2.75) is 85.0 Å². The second kappa shape index (κ2) is 5.82. The van der Waals surface area contributed by atoms with Gasteiger partial charge in [0.25, 0.3) is 0 Å². The summed E-state index contributed by atoms with van der Waals surface area (Å²) in [4.78, 5) is 0. The summed E-state index contributed by atoms with van der Waals surface area (Å²) in [6.45, 7) is 19.0. The van der Waals surface area contributed by atoms with Gasteiger partial charge in [0.05, 0.1) is 17.3 Å². The van der Waals surface area contributed by atoms with Crippen LogP contribution in [-0.4, -0.2) is 24.4 Å². The second-order valence-corrected chi connectivity index (χ2v) is 8.80. The maximum Gasteiger partial charge on any atom is 0.494 e. The van der Waals surface area contributed by atoms with Crippen LogP contribution in [0.1, 0.15) is 67.9 Å². The molecule has 0 atom stereocenters. The van der Waals surface area contributed by atoms with Crippen molar-refractivity contribution in [3.8, 4) is 5.75 Å². The first-order chi connectivity index (χ1) is 10.3. The van der Waals surface area contributed by atoms with Crippen LogP contribution in [0.5, 0.6) is 5.75 Å². The van der Waals surface area contributed by atoms with Crippen LogP contribution in [-0.2, 0) is 14.7 Å². The first-order valence-electron chi connectivity index (χ1n) is 8.49. The van der Waals surface area contributed by atoms with Gasteiger partial charge in [-0.25, -0.2) is 0 Å². The highest BCUT2D eigenvalue weighted by atomic mass is 16.7. The van der Waals surface area contributed by atoms with E-state index in [0.717, 1.165) is 11.2 Å². The number of benzene rings is 1. The fourth-order valence-corrected chi connectivity index (χ4v) is 2.51. The first-order valence-corrected chi connectivity index (χ1v) is 8.49. The van der Waals surface area contributed by atoms with Crippen molar-refractivity contribution in [3.05, 3.63) is 23.8 Å². The third kappa shape index (κ3) is 3.92. The van der Waals surface area contributed by atoms with Gasteiger partial charge in [-0.1, -0.05) is 26.8 Å². The molecule has 0 spiro atoms. The summed E-state index contributed by atoms with van der Waals surface area (Å²) in [6, 6.07) is 6.33. The minimum absolute atomic E-state index is 0.0364. The molecule has 2 rings (SSSR count). The van der Waals surface area contributed by atoms with Crippen molar-refractivity contribution in [1.29, 1.82) is 0 Å². The summed E-state index contributed by atoms with van der Waals surface area (Å²) < 4.78 is 18.3. The SMILES string of the molecule is CC(C)Oc1cc(B2OC(C)(C)C(C)(C)O2)cc(C(C)(C)C)c1. The highest BCUT2D eigenvalue weighted by molar-refractivity contribution is 6.62. The van der Waals surface area contributed by atoms with Gasteiger partial charge in [0.15, 0.2) is 0 Å². The lowest BCUT2D eigenvalue weighted by atomic mass is 9.75. The maximum absolute atomic E-state index is 6.20. The molecule has 0 amide bonds. The molecule has 1 heterocycles. The molecule has 1 aliphatic rings. The van der Waals surface area contributed by atoms with E-state index in [4.69, 9.17) is 14.0 Å². The molecule has 0 unspecified atom stereocenters. The van der Waals surface area contributed by atoms with Crippen LogP contribution in [0.25, 0.3) is 0 Å². The average Bonchev–Trinajstić information content (AvgIpc) is 2.56. The van der Waals surface area contributed by atoms with Gasteiger partial charge < -0.3 is 14.0 Å². The molecular weight excluding hydrogens is 287 g/mol. The van der Waals surface area contributed by atoms with E-state index in [-0.39, 0.29) is 29.8 Å². The van der Waals surface area contributed by atoms with Crippen LogP contribution in [0.15, 0.2) is 18.2 Å². The van der Waals surface area contributed by atoms with Gasteiger partial charge in [0.2, 0.25) is 0 Å². The molecule has 1 aromatic rings. The lowest BCUT2D eigenvalue weighted by molar-refractivity contribution is 0.00578. The van der Waals surface area contributed by atoms with Gasteiger partial charge in [-0.2, -0.15) is 0 Å². The van der Waals surface area contributed by atoms with Crippen LogP contribution in [0.2, 0.25) is 0 Å². The molecule has 1 saturated heterocycles. The van der Waals surface area contributed by atoms with E-state index in [1.165, 1.54) is 5.56 Å². The van der Waals surface area contributed by atoms with Crippen LogP contribution in [0.4, 0.5) is 0 Å². The van der Waals surface area contributed by atoms with Crippen LogP contribution in [0.3, 0.4) is 0 Å². The minimum atomic E-state index is -0.364. The standard InChI is InChI=1S/C19H31BO3/c1-13(2)21-16-11-14(17(3,4)5)10-15(12-16)20-22-18(6,7)19(8,9)23-20/h10-13H,1-9H3. The molecule has 23 heavy (non-hydrogen) atoms. The van der Waals surface area contributed by atoms with Gasteiger partial charge in [-0.05, 0) is 70.1 Å². The maximum atomic E-state index is 6.20. The summed E-state index contributed by atoms with van der Waals surface area (Å²) in [6.07, 6.45) is 0.136. The van der Waals surface area contributed by atoms with E-state index in [0.29, 0.717) is 0 Å². The monoisotopic (exact) mass is 318 g/mol. The molecule has 0 radical (unpaired) electrons. The van der Waals surface area contributed by atoms with E-state index < -0.39 is 0 Å². The third-order valence-corrected chi connectivity index (χ3v) is 4.69. The summed E-state index contributed by atoms with van der Waals surface area (Å²) in [7, 11) is -0.364. The van der Waals surface area contributed by atoms with E-state index in [1.807, 2.05) is 19.9 Å². The van der Waals surface area contributed by atoms with Gasteiger partial charge in [-0.3, -0.25) is 0 Å². The van der Waals surface area contributed by atoms with Crippen molar-refractivity contribution < 1.29 is 14.0 Å². The summed E-state index contributed by atoms with van der Waals surface area (Å²) in [5.74, 6) is 0.872. The van der Waals surface area contributed by atoms with E-state index in [2.05, 4.69) is 60.6 Å². The zero-order valence-electron chi connectivity index (χ0n) is 16.1. The lowest BCUT2D eigenvalue weighted by Gasteiger charge is -2.32.